The molecule has 0 aliphatic heterocycles. The first-order valence-corrected chi connectivity index (χ1v) is 7.97. The topological polar surface area (TPSA) is 60.5 Å². The number of nitrogens with one attached hydrogen (secondary N) is 1. The Hall–Kier alpha value is -2.31. The summed E-state index contributed by atoms with van der Waals surface area (Å²) in [5.74, 6) is 1.04. The highest BCUT2D eigenvalue weighted by atomic mass is 35.5. The van der Waals surface area contributed by atoms with E-state index in [-0.39, 0.29) is 12.5 Å². The minimum atomic E-state index is -0.281. The molecule has 0 aliphatic carbocycles. The van der Waals surface area contributed by atoms with Gasteiger partial charge in [-0.3, -0.25) is 10.1 Å². The third kappa shape index (κ3) is 3.72. The largest absolute Gasteiger partial charge is 0.497 e. The molecule has 3 rings (SSSR count). The lowest BCUT2D eigenvalue weighted by Gasteiger charge is -2.06. The average molecular weight is 349 g/mol. The first kappa shape index (κ1) is 15.6. The van der Waals surface area contributed by atoms with Crippen LogP contribution >= 0.6 is 22.9 Å². The van der Waals surface area contributed by atoms with Crippen LogP contribution in [0, 0.1) is 0 Å². The number of nitrogens with zero attached hydrogens (tertiary/aromatic N) is 1. The number of hydrogen-bond donors (Lipinski definition) is 1. The Morgan fingerprint density at radius 2 is 1.96 bits per heavy atom. The molecular weight excluding hydrogens is 336 g/mol. The highest BCUT2D eigenvalue weighted by molar-refractivity contribution is 7.22. The zero-order valence-corrected chi connectivity index (χ0v) is 13.8. The van der Waals surface area contributed by atoms with Crippen LogP contribution in [0.15, 0.2) is 42.5 Å². The fourth-order valence-corrected chi connectivity index (χ4v) is 3.13. The number of carbonyl (C=O) groups is 1. The first-order valence-electron chi connectivity index (χ1n) is 6.77. The number of benzene rings is 2. The third-order valence-electron chi connectivity index (χ3n) is 3.05. The fraction of sp³-hybridized carbons (Fsp3) is 0.125. The highest BCUT2D eigenvalue weighted by Crippen LogP contribution is 2.30. The van der Waals surface area contributed by atoms with Crippen molar-refractivity contribution in [3.63, 3.8) is 0 Å². The Kier molecular flexibility index (Phi) is 4.64. The van der Waals surface area contributed by atoms with Gasteiger partial charge in [0.2, 0.25) is 0 Å². The van der Waals surface area contributed by atoms with Gasteiger partial charge in [0, 0.05) is 0 Å². The number of carbonyl (C=O) groups excluding carboxylic acids is 1. The molecule has 0 unspecified atom stereocenters. The fourth-order valence-electron chi connectivity index (χ4n) is 1.94. The van der Waals surface area contributed by atoms with E-state index in [9.17, 15) is 4.79 Å². The molecule has 0 fully saturated rings. The van der Waals surface area contributed by atoms with Crippen LogP contribution in [-0.2, 0) is 4.79 Å². The molecule has 1 aromatic heterocycles. The molecule has 0 saturated heterocycles. The van der Waals surface area contributed by atoms with E-state index in [1.54, 1.807) is 37.4 Å². The van der Waals surface area contributed by atoms with Gasteiger partial charge in [0.25, 0.3) is 5.91 Å². The van der Waals surface area contributed by atoms with E-state index >= 15 is 0 Å². The number of rotatable bonds is 5. The maximum absolute atomic E-state index is 11.9. The van der Waals surface area contributed by atoms with Gasteiger partial charge < -0.3 is 9.47 Å². The molecule has 1 N–H and O–H groups in total. The second-order valence-corrected chi connectivity index (χ2v) is 6.06. The molecule has 23 heavy (non-hydrogen) atoms. The first-order chi connectivity index (χ1) is 11.2. The zero-order chi connectivity index (χ0) is 16.2. The van der Waals surface area contributed by atoms with Crippen molar-refractivity contribution >= 4 is 44.2 Å². The lowest BCUT2D eigenvalue weighted by atomic mass is 10.3. The maximum atomic E-state index is 11.9. The molecule has 7 heteroatoms. The van der Waals surface area contributed by atoms with Crippen molar-refractivity contribution in [3.8, 4) is 11.5 Å². The van der Waals surface area contributed by atoms with Gasteiger partial charge in [-0.05, 0) is 36.4 Å². The molecule has 0 spiro atoms. The van der Waals surface area contributed by atoms with E-state index in [0.29, 0.717) is 21.4 Å². The van der Waals surface area contributed by atoms with Crippen molar-refractivity contribution in [1.82, 2.24) is 4.98 Å². The summed E-state index contributed by atoms with van der Waals surface area (Å²) >= 11 is 7.44. The summed E-state index contributed by atoms with van der Waals surface area (Å²) in [4.78, 5) is 16.3. The van der Waals surface area contributed by atoms with Gasteiger partial charge in [-0.25, -0.2) is 4.98 Å². The van der Waals surface area contributed by atoms with Gasteiger partial charge in [0.1, 0.15) is 17.0 Å². The molecule has 2 aromatic carbocycles. The zero-order valence-electron chi connectivity index (χ0n) is 12.2. The van der Waals surface area contributed by atoms with Crippen LogP contribution in [0.1, 0.15) is 0 Å². The van der Waals surface area contributed by atoms with E-state index in [1.807, 2.05) is 12.1 Å². The molecule has 0 radical (unpaired) electrons. The van der Waals surface area contributed by atoms with Crippen molar-refractivity contribution in [2.24, 2.45) is 0 Å². The van der Waals surface area contributed by atoms with E-state index in [1.165, 1.54) is 11.3 Å². The third-order valence-corrected chi connectivity index (χ3v) is 4.29. The van der Waals surface area contributed by atoms with Crippen LogP contribution in [0.2, 0.25) is 5.02 Å². The van der Waals surface area contributed by atoms with Crippen LogP contribution in [-0.4, -0.2) is 24.6 Å². The number of ether oxygens (including phenoxy) is 2. The van der Waals surface area contributed by atoms with Crippen molar-refractivity contribution in [3.05, 3.63) is 47.5 Å². The van der Waals surface area contributed by atoms with E-state index in [0.717, 1.165) is 10.4 Å². The van der Waals surface area contributed by atoms with Crippen molar-refractivity contribution in [1.29, 1.82) is 0 Å². The normalized spacial score (nSPS) is 10.5. The Labute approximate surface area is 141 Å². The summed E-state index contributed by atoms with van der Waals surface area (Å²) in [5.41, 5.74) is 0.686. The van der Waals surface area contributed by atoms with Gasteiger partial charge in [-0.2, -0.15) is 0 Å². The second-order valence-electron chi connectivity index (χ2n) is 4.62. The van der Waals surface area contributed by atoms with E-state index < -0.39 is 0 Å². The highest BCUT2D eigenvalue weighted by Gasteiger charge is 2.10. The predicted octanol–water partition coefficient (Wildman–Crippen LogP) is 3.98. The van der Waals surface area contributed by atoms with Crippen LogP contribution < -0.4 is 14.8 Å². The molecule has 0 atom stereocenters. The summed E-state index contributed by atoms with van der Waals surface area (Å²) in [7, 11) is 1.59. The molecule has 3 aromatic rings. The van der Waals surface area contributed by atoms with Crippen LogP contribution in [0.3, 0.4) is 0 Å². The molecule has 0 aliphatic rings. The second kappa shape index (κ2) is 6.85. The maximum Gasteiger partial charge on any atom is 0.264 e. The predicted molar refractivity (Wildman–Crippen MR) is 91.7 cm³/mol. The van der Waals surface area contributed by atoms with Gasteiger partial charge >= 0.3 is 0 Å². The number of amides is 1. The standard InChI is InChI=1S/C16H13ClN2O3S/c1-21-10-5-7-11(8-6-10)22-9-14(20)18-16-19-15-12(17)3-2-4-13(15)23-16/h2-8H,9H2,1H3,(H,18,19,20). The summed E-state index contributed by atoms with van der Waals surface area (Å²) in [5, 5.41) is 3.77. The minimum Gasteiger partial charge on any atom is -0.497 e. The van der Waals surface area contributed by atoms with Gasteiger partial charge in [0.15, 0.2) is 11.7 Å². The molecule has 1 heterocycles. The number of methoxy groups -OCH3 is 1. The SMILES string of the molecule is COc1ccc(OCC(=O)Nc2nc3c(Cl)cccc3s2)cc1. The smallest absolute Gasteiger partial charge is 0.264 e. The number of hydrogen-bond acceptors (Lipinski definition) is 5. The molecule has 0 bridgehead atoms. The van der Waals surface area contributed by atoms with Gasteiger partial charge in [0.05, 0.1) is 16.8 Å². The Balaban J connectivity index is 1.60. The lowest BCUT2D eigenvalue weighted by molar-refractivity contribution is -0.118. The van der Waals surface area contributed by atoms with Crippen molar-refractivity contribution < 1.29 is 14.3 Å². The number of fused-ring (bicyclic) bond motifs is 1. The van der Waals surface area contributed by atoms with Gasteiger partial charge in [-0.1, -0.05) is 29.0 Å². The van der Waals surface area contributed by atoms with Gasteiger partial charge in [-0.15, -0.1) is 0 Å². The van der Waals surface area contributed by atoms with Crippen LogP contribution in [0.5, 0.6) is 11.5 Å². The van der Waals surface area contributed by atoms with Crippen molar-refractivity contribution in [2.75, 3.05) is 19.0 Å². The summed E-state index contributed by atoms with van der Waals surface area (Å²) in [6, 6.07) is 12.5. The Bertz CT molecular complexity index is 833. The van der Waals surface area contributed by atoms with Crippen LogP contribution in [0.4, 0.5) is 5.13 Å². The minimum absolute atomic E-state index is 0.101. The number of para-hydroxylation sites is 1. The van der Waals surface area contributed by atoms with Crippen LogP contribution in [0.25, 0.3) is 10.2 Å². The molecule has 5 nitrogen and oxygen atoms in total. The van der Waals surface area contributed by atoms with E-state index in [4.69, 9.17) is 21.1 Å². The number of anilines is 1. The summed E-state index contributed by atoms with van der Waals surface area (Å²) in [6.07, 6.45) is 0. The summed E-state index contributed by atoms with van der Waals surface area (Å²) in [6.45, 7) is -0.101. The molecule has 1 amide bonds. The molecular formula is C16H13ClN2O3S. The lowest BCUT2D eigenvalue weighted by Crippen LogP contribution is -2.19. The summed E-state index contributed by atoms with van der Waals surface area (Å²) < 4.78 is 11.4. The number of aromatic nitrogens is 1. The molecule has 0 saturated carbocycles. The monoisotopic (exact) mass is 348 g/mol. The quantitative estimate of drug-likeness (QED) is 0.757. The number of thiazole rings is 1. The average Bonchev–Trinajstić information content (AvgIpc) is 2.97. The van der Waals surface area contributed by atoms with Crippen molar-refractivity contribution in [2.45, 2.75) is 0 Å². The number of halogens is 1. The van der Waals surface area contributed by atoms with E-state index in [2.05, 4.69) is 10.3 Å². The Morgan fingerprint density at radius 3 is 2.65 bits per heavy atom. The molecule has 118 valence electrons. The Morgan fingerprint density at radius 1 is 1.22 bits per heavy atom.